The number of likely N-dealkylation sites (tertiary alicyclic amines) is 1. The highest BCUT2D eigenvalue weighted by molar-refractivity contribution is 5.93. The van der Waals surface area contributed by atoms with Crippen LogP contribution in [0.1, 0.15) is 23.1 Å². The summed E-state index contributed by atoms with van der Waals surface area (Å²) in [5, 5.41) is 4.82. The number of aromatic nitrogens is 2. The number of amides is 1. The number of aryl methyl sites for hydroxylation is 2. The van der Waals surface area contributed by atoms with Gasteiger partial charge in [-0.3, -0.25) is 4.79 Å². The highest BCUT2D eigenvalue weighted by atomic mass is 16.2. The van der Waals surface area contributed by atoms with Crippen molar-refractivity contribution in [2.24, 2.45) is 0 Å². The average molecular weight is 357 g/mol. The van der Waals surface area contributed by atoms with E-state index in [0.717, 1.165) is 42.0 Å². The van der Waals surface area contributed by atoms with Crippen LogP contribution in [0.4, 0.5) is 0 Å². The van der Waals surface area contributed by atoms with E-state index in [9.17, 15) is 4.79 Å². The molecule has 3 aromatic rings. The maximum absolute atomic E-state index is 12.2. The van der Waals surface area contributed by atoms with Crippen molar-refractivity contribution in [3.8, 4) is 16.9 Å². The average Bonchev–Trinajstić information content (AvgIpc) is 3.06. The van der Waals surface area contributed by atoms with Crippen LogP contribution < -0.4 is 0 Å². The van der Waals surface area contributed by atoms with Gasteiger partial charge in [-0.05, 0) is 55.7 Å². The Balaban J connectivity index is 1.75. The van der Waals surface area contributed by atoms with Crippen molar-refractivity contribution >= 4 is 12.0 Å². The summed E-state index contributed by atoms with van der Waals surface area (Å²) in [4.78, 5) is 14.1. The minimum absolute atomic E-state index is 0.0692. The van der Waals surface area contributed by atoms with E-state index in [1.54, 1.807) is 6.08 Å². The third kappa shape index (κ3) is 3.56. The number of carbonyl (C=O) groups excluding carboxylic acids is 1. The van der Waals surface area contributed by atoms with E-state index in [4.69, 9.17) is 5.10 Å². The molecule has 1 fully saturated rings. The van der Waals surface area contributed by atoms with Crippen LogP contribution in [0.5, 0.6) is 0 Å². The molecule has 4 heteroatoms. The molecule has 2 heterocycles. The van der Waals surface area contributed by atoms with Crippen molar-refractivity contribution in [3.05, 3.63) is 77.5 Å². The molecular weight excluding hydrogens is 334 g/mol. The zero-order valence-corrected chi connectivity index (χ0v) is 15.7. The Labute approximate surface area is 159 Å². The number of hydrogen-bond acceptors (Lipinski definition) is 2. The second-order valence-corrected chi connectivity index (χ2v) is 7.02. The lowest BCUT2D eigenvalue weighted by Gasteiger charge is -2.29. The first-order chi connectivity index (χ1) is 13.1. The van der Waals surface area contributed by atoms with Gasteiger partial charge in [0, 0.05) is 36.5 Å². The highest BCUT2D eigenvalue weighted by Crippen LogP contribution is 2.27. The number of carbonyl (C=O) groups is 1. The molecule has 1 aromatic heterocycles. The number of hydrogen-bond donors (Lipinski definition) is 0. The van der Waals surface area contributed by atoms with E-state index in [1.807, 2.05) is 52.2 Å². The first-order valence-electron chi connectivity index (χ1n) is 9.31. The second kappa shape index (κ2) is 7.23. The molecule has 2 aromatic carbocycles. The lowest BCUT2D eigenvalue weighted by atomic mass is 10.0. The normalized spacial score (nSPS) is 13.8. The molecule has 0 atom stereocenters. The quantitative estimate of drug-likeness (QED) is 0.649. The molecule has 4 rings (SSSR count). The number of para-hydroxylation sites is 1. The summed E-state index contributed by atoms with van der Waals surface area (Å²) < 4.78 is 1.87. The summed E-state index contributed by atoms with van der Waals surface area (Å²) in [5.74, 6) is 0.0692. The summed E-state index contributed by atoms with van der Waals surface area (Å²) in [6, 6.07) is 16.4. The van der Waals surface area contributed by atoms with Gasteiger partial charge in [-0.1, -0.05) is 30.3 Å². The van der Waals surface area contributed by atoms with E-state index in [-0.39, 0.29) is 5.91 Å². The number of nitrogens with zero attached hydrogens (tertiary/aromatic N) is 3. The Kier molecular flexibility index (Phi) is 4.63. The summed E-state index contributed by atoms with van der Waals surface area (Å²) in [5.41, 5.74) is 6.37. The molecule has 1 amide bonds. The molecule has 27 heavy (non-hydrogen) atoms. The van der Waals surface area contributed by atoms with Crippen molar-refractivity contribution in [3.63, 3.8) is 0 Å². The van der Waals surface area contributed by atoms with E-state index < -0.39 is 0 Å². The lowest BCUT2D eigenvalue weighted by Crippen LogP contribution is -2.40. The van der Waals surface area contributed by atoms with Crippen LogP contribution in [0, 0.1) is 13.8 Å². The second-order valence-electron chi connectivity index (χ2n) is 7.02. The maximum Gasteiger partial charge on any atom is 0.246 e. The van der Waals surface area contributed by atoms with E-state index in [2.05, 4.69) is 32.0 Å². The minimum Gasteiger partial charge on any atom is -0.339 e. The monoisotopic (exact) mass is 357 g/mol. The standard InChI is InChI=1S/C23H23N3O/c1-17-9-10-19(15-18(17)2)23-20(11-12-22(27)25-13-6-14-25)16-26(24-23)21-7-4-3-5-8-21/h3-5,7-12,15-16H,6,13-14H2,1-2H3. The molecule has 0 aliphatic carbocycles. The van der Waals surface area contributed by atoms with E-state index in [0.29, 0.717) is 0 Å². The number of benzene rings is 2. The molecule has 4 nitrogen and oxygen atoms in total. The molecule has 0 unspecified atom stereocenters. The largest absolute Gasteiger partial charge is 0.339 e. The van der Waals surface area contributed by atoms with E-state index in [1.165, 1.54) is 11.1 Å². The van der Waals surface area contributed by atoms with Crippen LogP contribution in [-0.4, -0.2) is 33.7 Å². The van der Waals surface area contributed by atoms with E-state index >= 15 is 0 Å². The maximum atomic E-state index is 12.2. The fourth-order valence-electron chi connectivity index (χ4n) is 3.14. The molecule has 1 saturated heterocycles. The smallest absolute Gasteiger partial charge is 0.246 e. The van der Waals surface area contributed by atoms with Crippen LogP contribution in [0.2, 0.25) is 0 Å². The van der Waals surface area contributed by atoms with Crippen molar-refractivity contribution in [2.75, 3.05) is 13.1 Å². The van der Waals surface area contributed by atoms with Crippen LogP contribution in [0.3, 0.4) is 0 Å². The molecule has 0 N–H and O–H groups in total. The Hall–Kier alpha value is -3.14. The molecule has 1 aliphatic heterocycles. The SMILES string of the molecule is Cc1ccc(-c2nn(-c3ccccc3)cc2C=CC(=O)N2CCC2)cc1C. The fraction of sp³-hybridized carbons (Fsp3) is 0.217. The number of rotatable bonds is 4. The zero-order valence-electron chi connectivity index (χ0n) is 15.7. The Morgan fingerprint density at radius 3 is 2.48 bits per heavy atom. The summed E-state index contributed by atoms with van der Waals surface area (Å²) in [6.45, 7) is 5.93. The van der Waals surface area contributed by atoms with Crippen molar-refractivity contribution in [1.82, 2.24) is 14.7 Å². The van der Waals surface area contributed by atoms with Gasteiger partial charge in [-0.15, -0.1) is 0 Å². The zero-order chi connectivity index (χ0) is 18.8. The van der Waals surface area contributed by atoms with Gasteiger partial charge < -0.3 is 4.90 Å². The van der Waals surface area contributed by atoms with Gasteiger partial charge in [0.05, 0.1) is 11.4 Å². The van der Waals surface area contributed by atoms with Crippen LogP contribution in [0.25, 0.3) is 23.0 Å². The summed E-state index contributed by atoms with van der Waals surface area (Å²) in [7, 11) is 0. The van der Waals surface area contributed by atoms with Crippen molar-refractivity contribution < 1.29 is 4.79 Å². The molecule has 0 radical (unpaired) electrons. The van der Waals surface area contributed by atoms with Crippen LogP contribution in [-0.2, 0) is 4.79 Å². The summed E-state index contributed by atoms with van der Waals surface area (Å²) in [6.07, 6.45) is 6.63. The first-order valence-corrected chi connectivity index (χ1v) is 9.31. The van der Waals surface area contributed by atoms with Crippen LogP contribution >= 0.6 is 0 Å². The molecule has 0 saturated carbocycles. The fourth-order valence-corrected chi connectivity index (χ4v) is 3.14. The minimum atomic E-state index is 0.0692. The molecule has 1 aliphatic rings. The molecule has 0 bridgehead atoms. The topological polar surface area (TPSA) is 38.1 Å². The third-order valence-corrected chi connectivity index (χ3v) is 5.12. The summed E-state index contributed by atoms with van der Waals surface area (Å²) >= 11 is 0. The predicted molar refractivity (Wildman–Crippen MR) is 109 cm³/mol. The lowest BCUT2D eigenvalue weighted by molar-refractivity contribution is -0.129. The molecule has 0 spiro atoms. The Morgan fingerprint density at radius 2 is 1.81 bits per heavy atom. The third-order valence-electron chi connectivity index (χ3n) is 5.12. The predicted octanol–water partition coefficient (Wildman–Crippen LogP) is 4.40. The molecule has 136 valence electrons. The van der Waals surface area contributed by atoms with Crippen LogP contribution in [0.15, 0.2) is 60.8 Å². The van der Waals surface area contributed by atoms with Gasteiger partial charge in [0.1, 0.15) is 0 Å². The van der Waals surface area contributed by atoms with Gasteiger partial charge >= 0.3 is 0 Å². The van der Waals surface area contributed by atoms with Gasteiger partial charge in [0.25, 0.3) is 0 Å². The Bertz CT molecular complexity index is 998. The van der Waals surface area contributed by atoms with Crippen molar-refractivity contribution in [2.45, 2.75) is 20.3 Å². The van der Waals surface area contributed by atoms with Gasteiger partial charge in [-0.25, -0.2) is 4.68 Å². The highest BCUT2D eigenvalue weighted by Gasteiger charge is 2.18. The Morgan fingerprint density at radius 1 is 1.04 bits per heavy atom. The van der Waals surface area contributed by atoms with Gasteiger partial charge in [-0.2, -0.15) is 5.10 Å². The first kappa shape index (κ1) is 17.3. The van der Waals surface area contributed by atoms with Gasteiger partial charge in [0.2, 0.25) is 5.91 Å². The van der Waals surface area contributed by atoms with Gasteiger partial charge in [0.15, 0.2) is 0 Å². The molecular formula is C23H23N3O. The van der Waals surface area contributed by atoms with Crippen molar-refractivity contribution in [1.29, 1.82) is 0 Å².